The van der Waals surface area contributed by atoms with Crippen LogP contribution in [0.3, 0.4) is 0 Å². The largest absolute Gasteiger partial charge is 0.395 e. The van der Waals surface area contributed by atoms with Gasteiger partial charge in [0.15, 0.2) is 0 Å². The quantitative estimate of drug-likeness (QED) is 0.680. The second-order valence-corrected chi connectivity index (χ2v) is 5.40. The molecule has 4 nitrogen and oxygen atoms in total. The average molecular weight is 215 g/mol. The zero-order valence-electron chi connectivity index (χ0n) is 10.2. The van der Waals surface area contributed by atoms with Crippen molar-refractivity contribution >= 4 is 0 Å². The Bertz CT molecular complexity index is 183. The lowest BCUT2D eigenvalue weighted by molar-refractivity contribution is 0.0566. The molecule has 1 saturated heterocycles. The summed E-state index contributed by atoms with van der Waals surface area (Å²) in [5.74, 6) is 0. The zero-order valence-corrected chi connectivity index (χ0v) is 10.2. The van der Waals surface area contributed by atoms with Crippen LogP contribution in [0.2, 0.25) is 0 Å². The van der Waals surface area contributed by atoms with Gasteiger partial charge in [-0.2, -0.15) is 0 Å². The van der Waals surface area contributed by atoms with Crippen LogP contribution >= 0.6 is 0 Å². The highest BCUT2D eigenvalue weighted by molar-refractivity contribution is 4.82. The number of aliphatic hydroxyl groups excluding tert-OH is 1. The van der Waals surface area contributed by atoms with Crippen molar-refractivity contribution < 1.29 is 5.11 Å². The van der Waals surface area contributed by atoms with Gasteiger partial charge in [0.25, 0.3) is 0 Å². The zero-order chi connectivity index (χ0) is 11.5. The monoisotopic (exact) mass is 215 g/mol. The van der Waals surface area contributed by atoms with Gasteiger partial charge in [0.2, 0.25) is 0 Å². The van der Waals surface area contributed by atoms with Gasteiger partial charge in [0.05, 0.1) is 6.61 Å². The van der Waals surface area contributed by atoms with E-state index in [-0.39, 0.29) is 18.2 Å². The Morgan fingerprint density at radius 1 is 1.20 bits per heavy atom. The molecule has 4 heteroatoms. The number of nitrogens with zero attached hydrogens (tertiary/aromatic N) is 2. The maximum Gasteiger partial charge on any atom is 0.0595 e. The number of nitrogens with two attached hydrogens (primary N) is 1. The van der Waals surface area contributed by atoms with Gasteiger partial charge in [-0.15, -0.1) is 0 Å². The van der Waals surface area contributed by atoms with Crippen molar-refractivity contribution in [2.24, 2.45) is 5.73 Å². The van der Waals surface area contributed by atoms with Crippen LogP contribution < -0.4 is 5.73 Å². The Labute approximate surface area is 93.0 Å². The highest BCUT2D eigenvalue weighted by Crippen LogP contribution is 2.15. The van der Waals surface area contributed by atoms with Crippen molar-refractivity contribution in [3.63, 3.8) is 0 Å². The number of hydrogen-bond acceptors (Lipinski definition) is 4. The summed E-state index contributed by atoms with van der Waals surface area (Å²) in [4.78, 5) is 4.83. The predicted octanol–water partition coefficient (Wildman–Crippen LogP) is -0.278. The first kappa shape index (κ1) is 12.9. The number of aliphatic hydroxyl groups is 1. The van der Waals surface area contributed by atoms with E-state index in [1.807, 2.05) is 0 Å². The van der Waals surface area contributed by atoms with E-state index in [1.54, 1.807) is 0 Å². The molecule has 15 heavy (non-hydrogen) atoms. The van der Waals surface area contributed by atoms with Crippen LogP contribution in [-0.2, 0) is 0 Å². The molecule has 1 aliphatic rings. The number of hydrogen-bond donors (Lipinski definition) is 2. The Morgan fingerprint density at radius 2 is 1.73 bits per heavy atom. The molecule has 1 aliphatic heterocycles. The summed E-state index contributed by atoms with van der Waals surface area (Å²) >= 11 is 0. The van der Waals surface area contributed by atoms with Gasteiger partial charge >= 0.3 is 0 Å². The molecule has 1 rings (SSSR count). The maximum atomic E-state index is 8.88. The van der Waals surface area contributed by atoms with Crippen LogP contribution in [0, 0.1) is 0 Å². The fourth-order valence-corrected chi connectivity index (χ4v) is 1.99. The topological polar surface area (TPSA) is 52.7 Å². The van der Waals surface area contributed by atoms with Gasteiger partial charge in [-0.3, -0.25) is 9.80 Å². The molecule has 1 heterocycles. The Hall–Kier alpha value is -0.160. The van der Waals surface area contributed by atoms with Gasteiger partial charge in [0, 0.05) is 44.3 Å². The van der Waals surface area contributed by atoms with E-state index < -0.39 is 0 Å². The van der Waals surface area contributed by atoms with E-state index in [0.717, 1.165) is 32.7 Å². The van der Waals surface area contributed by atoms with E-state index in [0.29, 0.717) is 0 Å². The van der Waals surface area contributed by atoms with Crippen LogP contribution in [0.15, 0.2) is 0 Å². The minimum Gasteiger partial charge on any atom is -0.395 e. The molecule has 0 saturated carbocycles. The van der Waals surface area contributed by atoms with Gasteiger partial charge in [0.1, 0.15) is 0 Å². The van der Waals surface area contributed by atoms with Crippen molar-refractivity contribution in [1.29, 1.82) is 0 Å². The molecular formula is C11H25N3O. The summed E-state index contributed by atoms with van der Waals surface area (Å²) in [5.41, 5.74) is 5.99. The van der Waals surface area contributed by atoms with E-state index in [1.165, 1.54) is 0 Å². The van der Waals surface area contributed by atoms with Crippen molar-refractivity contribution in [3.05, 3.63) is 0 Å². The molecule has 3 N–H and O–H groups in total. The van der Waals surface area contributed by atoms with E-state index in [9.17, 15) is 0 Å². The predicted molar refractivity (Wildman–Crippen MR) is 62.8 cm³/mol. The van der Waals surface area contributed by atoms with Crippen LogP contribution in [0.25, 0.3) is 0 Å². The summed E-state index contributed by atoms with van der Waals surface area (Å²) in [6.07, 6.45) is 0. The van der Waals surface area contributed by atoms with Gasteiger partial charge in [-0.05, 0) is 20.8 Å². The summed E-state index contributed by atoms with van der Waals surface area (Å²) in [5, 5.41) is 8.88. The van der Waals surface area contributed by atoms with Gasteiger partial charge in [-0.1, -0.05) is 0 Å². The molecule has 0 bridgehead atoms. The highest BCUT2D eigenvalue weighted by atomic mass is 16.3. The first-order valence-electron chi connectivity index (χ1n) is 5.77. The van der Waals surface area contributed by atoms with Crippen molar-refractivity contribution in [2.45, 2.75) is 32.4 Å². The summed E-state index contributed by atoms with van der Waals surface area (Å²) in [6.45, 7) is 12.0. The third-order valence-corrected chi connectivity index (χ3v) is 3.05. The van der Waals surface area contributed by atoms with E-state index in [2.05, 4.69) is 30.6 Å². The van der Waals surface area contributed by atoms with E-state index in [4.69, 9.17) is 10.8 Å². The van der Waals surface area contributed by atoms with Crippen molar-refractivity contribution in [2.75, 3.05) is 39.3 Å². The molecule has 90 valence electrons. The third kappa shape index (κ3) is 4.07. The van der Waals surface area contributed by atoms with Crippen molar-refractivity contribution in [1.82, 2.24) is 9.80 Å². The molecule has 1 fully saturated rings. The third-order valence-electron chi connectivity index (χ3n) is 3.05. The van der Waals surface area contributed by atoms with Crippen LogP contribution in [0.1, 0.15) is 20.8 Å². The number of piperazine rings is 1. The Kier molecular flexibility index (Phi) is 4.52. The second-order valence-electron chi connectivity index (χ2n) is 5.40. The minimum absolute atomic E-state index is 0.0828. The molecule has 0 aromatic heterocycles. The van der Waals surface area contributed by atoms with Gasteiger partial charge < -0.3 is 10.8 Å². The first-order valence-corrected chi connectivity index (χ1v) is 5.77. The SMILES string of the molecule is CC(C)(C)N1CCN(CC(N)CO)CC1. The van der Waals surface area contributed by atoms with Crippen LogP contribution in [-0.4, -0.2) is 65.8 Å². The lowest BCUT2D eigenvalue weighted by atomic mass is 10.0. The summed E-state index contributed by atoms with van der Waals surface area (Å²) in [7, 11) is 0. The van der Waals surface area contributed by atoms with Crippen LogP contribution in [0.5, 0.6) is 0 Å². The fourth-order valence-electron chi connectivity index (χ4n) is 1.99. The highest BCUT2D eigenvalue weighted by Gasteiger charge is 2.25. The maximum absolute atomic E-state index is 8.88. The first-order chi connectivity index (χ1) is 6.93. The van der Waals surface area contributed by atoms with E-state index >= 15 is 0 Å². The Balaban J connectivity index is 2.30. The molecule has 0 aromatic carbocycles. The normalized spacial score (nSPS) is 23.0. The molecule has 0 radical (unpaired) electrons. The molecule has 0 amide bonds. The van der Waals surface area contributed by atoms with Gasteiger partial charge in [-0.25, -0.2) is 0 Å². The molecule has 0 aliphatic carbocycles. The van der Waals surface area contributed by atoms with Crippen molar-refractivity contribution in [3.8, 4) is 0 Å². The lowest BCUT2D eigenvalue weighted by Gasteiger charge is -2.42. The molecule has 0 spiro atoms. The lowest BCUT2D eigenvalue weighted by Crippen LogP contribution is -2.55. The standard InChI is InChI=1S/C11H25N3O/c1-11(2,3)14-6-4-13(5-7-14)8-10(12)9-15/h10,15H,4-9,12H2,1-3H3. The second kappa shape index (κ2) is 5.25. The fraction of sp³-hybridized carbons (Fsp3) is 1.00. The molecule has 1 atom stereocenters. The molecule has 0 aromatic rings. The molecular weight excluding hydrogens is 190 g/mol. The average Bonchev–Trinajstić information content (AvgIpc) is 2.17. The Morgan fingerprint density at radius 3 is 2.13 bits per heavy atom. The number of rotatable bonds is 3. The summed E-state index contributed by atoms with van der Waals surface area (Å²) < 4.78 is 0. The summed E-state index contributed by atoms with van der Waals surface area (Å²) in [6, 6.07) is -0.0915. The smallest absolute Gasteiger partial charge is 0.0595 e. The minimum atomic E-state index is -0.0915. The van der Waals surface area contributed by atoms with Crippen LogP contribution in [0.4, 0.5) is 0 Å². The molecule has 1 unspecified atom stereocenters.